The van der Waals surface area contributed by atoms with Gasteiger partial charge in [-0.25, -0.2) is 4.98 Å². The lowest BCUT2D eigenvalue weighted by atomic mass is 10.1. The third kappa shape index (κ3) is 3.03. The van der Waals surface area contributed by atoms with Gasteiger partial charge in [0.05, 0.1) is 6.04 Å². The van der Waals surface area contributed by atoms with Crippen LogP contribution in [0.1, 0.15) is 31.5 Å². The Labute approximate surface area is 116 Å². The average molecular weight is 312 g/mol. The van der Waals surface area contributed by atoms with Crippen LogP contribution in [0.4, 0.5) is 0 Å². The van der Waals surface area contributed by atoms with Gasteiger partial charge in [0.25, 0.3) is 0 Å². The maximum Gasteiger partial charge on any atom is 0.169 e. The van der Waals surface area contributed by atoms with E-state index in [1.807, 2.05) is 24.5 Å². The van der Waals surface area contributed by atoms with Crippen molar-refractivity contribution in [2.75, 3.05) is 6.54 Å². The summed E-state index contributed by atoms with van der Waals surface area (Å²) in [5.41, 5.74) is 0. The van der Waals surface area contributed by atoms with Gasteiger partial charge in [0.1, 0.15) is 11.6 Å². The van der Waals surface area contributed by atoms with Crippen molar-refractivity contribution in [2.24, 2.45) is 0 Å². The average Bonchev–Trinajstić information content (AvgIpc) is 2.97. The van der Waals surface area contributed by atoms with Crippen molar-refractivity contribution in [3.8, 4) is 0 Å². The van der Waals surface area contributed by atoms with Crippen LogP contribution >= 0.6 is 15.9 Å². The van der Waals surface area contributed by atoms with E-state index in [1.165, 1.54) is 0 Å². The summed E-state index contributed by atoms with van der Waals surface area (Å²) in [5, 5.41) is 3.43. The number of hydrogen-bond acceptors (Lipinski definition) is 3. The van der Waals surface area contributed by atoms with E-state index >= 15 is 0 Å². The number of halogens is 1. The first-order valence-corrected chi connectivity index (χ1v) is 7.02. The monoisotopic (exact) mass is 311 g/mol. The lowest BCUT2D eigenvalue weighted by Crippen LogP contribution is -2.23. The normalized spacial score (nSPS) is 12.8. The Hall–Kier alpha value is -1.07. The Balaban J connectivity index is 2.16. The van der Waals surface area contributed by atoms with Gasteiger partial charge in [-0.15, -0.1) is 0 Å². The molecule has 0 radical (unpaired) electrons. The van der Waals surface area contributed by atoms with Crippen LogP contribution in [0.2, 0.25) is 0 Å². The number of hydrogen-bond donors (Lipinski definition) is 1. The molecule has 1 N–H and O–H groups in total. The molecule has 0 amide bonds. The molecule has 2 aromatic heterocycles. The summed E-state index contributed by atoms with van der Waals surface area (Å²) in [6.07, 6.45) is 4.69. The van der Waals surface area contributed by atoms with Crippen molar-refractivity contribution in [3.05, 3.63) is 40.8 Å². The summed E-state index contributed by atoms with van der Waals surface area (Å²) in [5.74, 6) is 2.02. The lowest BCUT2D eigenvalue weighted by Gasteiger charge is -2.15. The molecule has 18 heavy (non-hydrogen) atoms. The van der Waals surface area contributed by atoms with E-state index in [2.05, 4.69) is 44.6 Å². The molecule has 0 saturated carbocycles. The van der Waals surface area contributed by atoms with Crippen molar-refractivity contribution < 1.29 is 4.42 Å². The molecule has 0 aliphatic rings. The molecule has 1 atom stereocenters. The first-order chi connectivity index (χ1) is 8.74. The van der Waals surface area contributed by atoms with Crippen LogP contribution in [0, 0.1) is 0 Å². The summed E-state index contributed by atoms with van der Waals surface area (Å²) in [4.78, 5) is 4.41. The minimum absolute atomic E-state index is 0.161. The van der Waals surface area contributed by atoms with E-state index < -0.39 is 0 Å². The first-order valence-electron chi connectivity index (χ1n) is 6.23. The zero-order chi connectivity index (χ0) is 13.0. The Morgan fingerprint density at radius 1 is 1.44 bits per heavy atom. The smallest absolute Gasteiger partial charge is 0.169 e. The number of aromatic nitrogens is 2. The maximum absolute atomic E-state index is 5.64. The Kier molecular flexibility index (Phi) is 4.60. The van der Waals surface area contributed by atoms with Crippen molar-refractivity contribution >= 4 is 15.9 Å². The summed E-state index contributed by atoms with van der Waals surface area (Å²) < 4.78 is 8.56. The molecule has 98 valence electrons. The molecule has 4 nitrogen and oxygen atoms in total. The van der Waals surface area contributed by atoms with Gasteiger partial charge < -0.3 is 14.3 Å². The summed E-state index contributed by atoms with van der Waals surface area (Å²) in [6.45, 7) is 6.06. The molecule has 0 fully saturated rings. The highest BCUT2D eigenvalue weighted by atomic mass is 79.9. The highest BCUT2D eigenvalue weighted by molar-refractivity contribution is 9.10. The number of nitrogens with zero attached hydrogens (tertiary/aromatic N) is 2. The highest BCUT2D eigenvalue weighted by Gasteiger charge is 2.17. The van der Waals surface area contributed by atoms with Gasteiger partial charge >= 0.3 is 0 Å². The molecule has 2 aromatic rings. The topological polar surface area (TPSA) is 43.0 Å². The van der Waals surface area contributed by atoms with E-state index in [4.69, 9.17) is 4.42 Å². The van der Waals surface area contributed by atoms with Gasteiger partial charge in [0.2, 0.25) is 0 Å². The van der Waals surface area contributed by atoms with Gasteiger partial charge in [-0.1, -0.05) is 6.92 Å². The molecule has 0 bridgehead atoms. The van der Waals surface area contributed by atoms with Gasteiger partial charge in [-0.05, 0) is 41.5 Å². The molecule has 2 heterocycles. The van der Waals surface area contributed by atoms with Crippen LogP contribution < -0.4 is 5.32 Å². The van der Waals surface area contributed by atoms with Crippen molar-refractivity contribution in [2.45, 2.75) is 32.9 Å². The quantitative estimate of drug-likeness (QED) is 0.891. The van der Waals surface area contributed by atoms with E-state index in [0.717, 1.165) is 35.8 Å². The minimum Gasteiger partial charge on any atom is -0.453 e. The fourth-order valence-corrected chi connectivity index (χ4v) is 2.35. The second-order valence-electron chi connectivity index (χ2n) is 4.09. The first kappa shape index (κ1) is 13.4. The Bertz CT molecular complexity index is 492. The van der Waals surface area contributed by atoms with Crippen molar-refractivity contribution in [1.82, 2.24) is 14.9 Å². The molecule has 0 saturated heterocycles. The molecule has 5 heteroatoms. The minimum atomic E-state index is 0.161. The SMILES string of the molecule is CCNC(Cc1nccn1CC)c1ccc(Br)o1. The zero-order valence-corrected chi connectivity index (χ0v) is 12.3. The van der Waals surface area contributed by atoms with E-state index in [9.17, 15) is 0 Å². The van der Waals surface area contributed by atoms with Crippen LogP contribution in [0.5, 0.6) is 0 Å². The molecule has 1 unspecified atom stereocenters. The number of nitrogens with one attached hydrogen (secondary N) is 1. The van der Waals surface area contributed by atoms with Crippen LogP contribution in [-0.4, -0.2) is 16.1 Å². The van der Waals surface area contributed by atoms with Gasteiger partial charge in [-0.2, -0.15) is 0 Å². The van der Waals surface area contributed by atoms with Gasteiger partial charge in [-0.3, -0.25) is 0 Å². The Morgan fingerprint density at radius 2 is 2.28 bits per heavy atom. The summed E-state index contributed by atoms with van der Waals surface area (Å²) in [7, 11) is 0. The van der Waals surface area contributed by atoms with Crippen LogP contribution in [0.25, 0.3) is 0 Å². The fraction of sp³-hybridized carbons (Fsp3) is 0.462. The second kappa shape index (κ2) is 6.20. The third-order valence-electron chi connectivity index (χ3n) is 2.92. The fourth-order valence-electron chi connectivity index (χ4n) is 2.04. The Morgan fingerprint density at radius 3 is 2.89 bits per heavy atom. The van der Waals surface area contributed by atoms with Crippen molar-refractivity contribution in [3.63, 3.8) is 0 Å². The standard InChI is InChI=1S/C13H18BrN3O/c1-3-15-10(11-5-6-12(14)18-11)9-13-16-7-8-17(13)4-2/h5-8,10,15H,3-4,9H2,1-2H3. The van der Waals surface area contributed by atoms with Gasteiger partial charge in [0.15, 0.2) is 4.67 Å². The van der Waals surface area contributed by atoms with Crippen molar-refractivity contribution in [1.29, 1.82) is 0 Å². The molecule has 0 aliphatic carbocycles. The van der Waals surface area contributed by atoms with E-state index in [1.54, 1.807) is 0 Å². The maximum atomic E-state index is 5.64. The largest absolute Gasteiger partial charge is 0.453 e. The number of aryl methyl sites for hydroxylation is 1. The van der Waals surface area contributed by atoms with Crippen LogP contribution in [0.3, 0.4) is 0 Å². The number of imidazole rings is 1. The number of rotatable bonds is 6. The van der Waals surface area contributed by atoms with E-state index in [0.29, 0.717) is 0 Å². The third-order valence-corrected chi connectivity index (χ3v) is 3.34. The van der Waals surface area contributed by atoms with Crippen LogP contribution in [-0.2, 0) is 13.0 Å². The van der Waals surface area contributed by atoms with E-state index in [-0.39, 0.29) is 6.04 Å². The molecule has 2 rings (SSSR count). The molecule has 0 spiro atoms. The molecular weight excluding hydrogens is 294 g/mol. The predicted octanol–water partition coefficient (Wildman–Crippen LogP) is 3.15. The zero-order valence-electron chi connectivity index (χ0n) is 10.7. The second-order valence-corrected chi connectivity index (χ2v) is 4.87. The molecule has 0 aliphatic heterocycles. The predicted molar refractivity (Wildman–Crippen MR) is 74.4 cm³/mol. The number of furan rings is 1. The highest BCUT2D eigenvalue weighted by Crippen LogP contribution is 2.23. The lowest BCUT2D eigenvalue weighted by molar-refractivity contribution is 0.398. The van der Waals surface area contributed by atoms with Crippen LogP contribution in [0.15, 0.2) is 33.6 Å². The summed E-state index contributed by atoms with van der Waals surface area (Å²) >= 11 is 3.34. The number of likely N-dealkylation sites (N-methyl/N-ethyl adjacent to an activating group) is 1. The molecular formula is C13H18BrN3O. The summed E-state index contributed by atoms with van der Waals surface area (Å²) in [6, 6.07) is 4.08. The molecule has 0 aromatic carbocycles. The van der Waals surface area contributed by atoms with Gasteiger partial charge in [0, 0.05) is 25.4 Å².